The zero-order valence-electron chi connectivity index (χ0n) is 9.05. The van der Waals surface area contributed by atoms with E-state index in [1.54, 1.807) is 0 Å². The molecule has 2 aliphatic heterocycles. The lowest BCUT2D eigenvalue weighted by Crippen LogP contribution is -2.56. The zero-order valence-corrected chi connectivity index (χ0v) is 9.05. The number of likely N-dealkylation sites (tertiary alicyclic amines) is 1. The smallest absolute Gasteiger partial charge is 0.0735 e. The van der Waals surface area contributed by atoms with Gasteiger partial charge < -0.3 is 9.64 Å². The Morgan fingerprint density at radius 2 is 1.85 bits per heavy atom. The highest BCUT2D eigenvalue weighted by Gasteiger charge is 2.45. The summed E-state index contributed by atoms with van der Waals surface area (Å²) >= 11 is 0. The summed E-state index contributed by atoms with van der Waals surface area (Å²) in [4.78, 5) is 2.55. The largest absolute Gasteiger partial charge is 0.372 e. The van der Waals surface area contributed by atoms with Crippen LogP contribution in [-0.4, -0.2) is 35.7 Å². The van der Waals surface area contributed by atoms with Gasteiger partial charge in [-0.05, 0) is 33.6 Å². The minimum Gasteiger partial charge on any atom is -0.372 e. The molecule has 2 heterocycles. The Labute approximate surface area is 81.3 Å². The van der Waals surface area contributed by atoms with Crippen LogP contribution in [0.3, 0.4) is 0 Å². The Kier molecular flexibility index (Phi) is 2.37. The average molecular weight is 183 g/mol. The van der Waals surface area contributed by atoms with Gasteiger partial charge in [0.15, 0.2) is 0 Å². The highest BCUT2D eigenvalue weighted by molar-refractivity contribution is 4.96. The van der Waals surface area contributed by atoms with Crippen molar-refractivity contribution in [2.24, 2.45) is 0 Å². The Morgan fingerprint density at radius 3 is 2.23 bits per heavy atom. The highest BCUT2D eigenvalue weighted by atomic mass is 16.5. The van der Waals surface area contributed by atoms with Gasteiger partial charge in [0.1, 0.15) is 0 Å². The quantitative estimate of drug-likeness (QED) is 0.617. The molecule has 0 aromatic carbocycles. The third kappa shape index (κ3) is 1.75. The van der Waals surface area contributed by atoms with Crippen LogP contribution in [0.1, 0.15) is 40.0 Å². The molecule has 76 valence electrons. The van der Waals surface area contributed by atoms with Crippen molar-refractivity contribution in [1.82, 2.24) is 4.90 Å². The molecule has 2 fully saturated rings. The fraction of sp³-hybridized carbons (Fsp3) is 1.00. The van der Waals surface area contributed by atoms with Crippen molar-refractivity contribution < 1.29 is 4.74 Å². The molecule has 0 bridgehead atoms. The van der Waals surface area contributed by atoms with Crippen LogP contribution in [0.5, 0.6) is 0 Å². The summed E-state index contributed by atoms with van der Waals surface area (Å²) in [6.45, 7) is 9.19. The van der Waals surface area contributed by atoms with Gasteiger partial charge in [-0.25, -0.2) is 0 Å². The second kappa shape index (κ2) is 3.25. The summed E-state index contributed by atoms with van der Waals surface area (Å²) in [6.07, 6.45) is 4.30. The van der Waals surface area contributed by atoms with Crippen molar-refractivity contribution in [3.05, 3.63) is 0 Å². The molecular weight excluding hydrogens is 162 g/mol. The third-order valence-corrected chi connectivity index (χ3v) is 3.55. The van der Waals surface area contributed by atoms with Crippen LogP contribution < -0.4 is 0 Å². The molecule has 2 saturated heterocycles. The SMILES string of the molecule is CC1CC2(CCN(C(C)C)CC2)O1. The lowest BCUT2D eigenvalue weighted by atomic mass is 9.81. The molecule has 2 heteroatoms. The summed E-state index contributed by atoms with van der Waals surface area (Å²) in [5, 5.41) is 0. The number of nitrogens with zero attached hydrogens (tertiary/aromatic N) is 1. The van der Waals surface area contributed by atoms with E-state index in [0.717, 1.165) is 0 Å². The maximum absolute atomic E-state index is 5.87. The first-order valence-corrected chi connectivity index (χ1v) is 5.53. The second-order valence-electron chi connectivity index (χ2n) is 4.95. The van der Waals surface area contributed by atoms with Crippen molar-refractivity contribution in [2.45, 2.75) is 57.8 Å². The van der Waals surface area contributed by atoms with E-state index >= 15 is 0 Å². The van der Waals surface area contributed by atoms with Gasteiger partial charge in [0.05, 0.1) is 11.7 Å². The molecule has 13 heavy (non-hydrogen) atoms. The monoisotopic (exact) mass is 183 g/mol. The Morgan fingerprint density at radius 1 is 1.31 bits per heavy atom. The molecule has 0 amide bonds. The van der Waals surface area contributed by atoms with Crippen LogP contribution in [0.25, 0.3) is 0 Å². The minimum atomic E-state index is 0.296. The topological polar surface area (TPSA) is 12.5 Å². The van der Waals surface area contributed by atoms with E-state index in [0.29, 0.717) is 17.7 Å². The van der Waals surface area contributed by atoms with Gasteiger partial charge in [0.25, 0.3) is 0 Å². The first-order chi connectivity index (χ1) is 6.11. The standard InChI is InChI=1S/C11H21NO/c1-9(2)12-6-4-11(5-7-12)8-10(3)13-11/h9-10H,4-8H2,1-3H3. The van der Waals surface area contributed by atoms with Crippen LogP contribution >= 0.6 is 0 Å². The van der Waals surface area contributed by atoms with Crippen molar-refractivity contribution in [1.29, 1.82) is 0 Å². The lowest BCUT2D eigenvalue weighted by Gasteiger charge is -2.51. The fourth-order valence-electron chi connectivity index (χ4n) is 2.71. The van der Waals surface area contributed by atoms with Crippen molar-refractivity contribution in [3.8, 4) is 0 Å². The first-order valence-electron chi connectivity index (χ1n) is 5.53. The lowest BCUT2D eigenvalue weighted by molar-refractivity contribution is -0.219. The van der Waals surface area contributed by atoms with Crippen molar-refractivity contribution >= 4 is 0 Å². The third-order valence-electron chi connectivity index (χ3n) is 3.55. The molecule has 2 nitrogen and oxygen atoms in total. The van der Waals surface area contributed by atoms with E-state index in [1.165, 1.54) is 32.4 Å². The molecule has 1 atom stereocenters. The predicted octanol–water partition coefficient (Wildman–Crippen LogP) is 2.04. The summed E-state index contributed by atoms with van der Waals surface area (Å²) < 4.78 is 5.87. The van der Waals surface area contributed by atoms with E-state index in [1.807, 2.05) is 0 Å². The van der Waals surface area contributed by atoms with Gasteiger partial charge in [-0.2, -0.15) is 0 Å². The molecule has 2 rings (SSSR count). The van der Waals surface area contributed by atoms with Gasteiger partial charge in [-0.1, -0.05) is 0 Å². The number of piperidine rings is 1. The molecule has 0 radical (unpaired) electrons. The number of ether oxygens (including phenoxy) is 1. The van der Waals surface area contributed by atoms with E-state index in [9.17, 15) is 0 Å². The van der Waals surface area contributed by atoms with Crippen LogP contribution in [0, 0.1) is 0 Å². The van der Waals surface area contributed by atoms with Gasteiger partial charge >= 0.3 is 0 Å². The van der Waals surface area contributed by atoms with Crippen molar-refractivity contribution in [2.75, 3.05) is 13.1 Å². The first kappa shape index (κ1) is 9.47. The Balaban J connectivity index is 1.83. The number of rotatable bonds is 1. The van der Waals surface area contributed by atoms with Crippen LogP contribution in [0.4, 0.5) is 0 Å². The molecule has 0 aromatic heterocycles. The minimum absolute atomic E-state index is 0.296. The summed E-state index contributed by atoms with van der Waals surface area (Å²) in [7, 11) is 0. The van der Waals surface area contributed by atoms with E-state index in [2.05, 4.69) is 25.7 Å². The van der Waals surface area contributed by atoms with E-state index in [4.69, 9.17) is 4.74 Å². The van der Waals surface area contributed by atoms with Crippen LogP contribution in [0.2, 0.25) is 0 Å². The Hall–Kier alpha value is -0.0800. The summed E-state index contributed by atoms with van der Waals surface area (Å²) in [5.74, 6) is 0. The van der Waals surface area contributed by atoms with Crippen LogP contribution in [0.15, 0.2) is 0 Å². The maximum Gasteiger partial charge on any atom is 0.0735 e. The molecule has 0 aliphatic carbocycles. The molecule has 2 aliphatic rings. The molecule has 0 N–H and O–H groups in total. The van der Waals surface area contributed by atoms with E-state index in [-0.39, 0.29) is 0 Å². The van der Waals surface area contributed by atoms with Crippen molar-refractivity contribution in [3.63, 3.8) is 0 Å². The zero-order chi connectivity index (χ0) is 9.47. The predicted molar refractivity (Wildman–Crippen MR) is 53.8 cm³/mol. The number of hydrogen-bond donors (Lipinski definition) is 0. The summed E-state index contributed by atoms with van der Waals surface area (Å²) in [5.41, 5.74) is 0.296. The number of hydrogen-bond acceptors (Lipinski definition) is 2. The van der Waals surface area contributed by atoms with Gasteiger partial charge in [-0.3, -0.25) is 0 Å². The van der Waals surface area contributed by atoms with Gasteiger partial charge in [0.2, 0.25) is 0 Å². The molecule has 0 aromatic rings. The highest BCUT2D eigenvalue weighted by Crippen LogP contribution is 2.41. The molecule has 0 saturated carbocycles. The molecule has 1 unspecified atom stereocenters. The maximum atomic E-state index is 5.87. The normalized spacial score (nSPS) is 33.7. The van der Waals surface area contributed by atoms with Gasteiger partial charge in [0, 0.05) is 25.6 Å². The Bertz CT molecular complexity index is 175. The summed E-state index contributed by atoms with van der Waals surface area (Å²) in [6, 6.07) is 0.704. The van der Waals surface area contributed by atoms with Gasteiger partial charge in [-0.15, -0.1) is 0 Å². The second-order valence-corrected chi connectivity index (χ2v) is 4.95. The van der Waals surface area contributed by atoms with E-state index < -0.39 is 0 Å². The van der Waals surface area contributed by atoms with Crippen LogP contribution in [-0.2, 0) is 4.74 Å². The molecular formula is C11H21NO. The average Bonchev–Trinajstić information content (AvgIpc) is 2.03. The fourth-order valence-corrected chi connectivity index (χ4v) is 2.71. The molecule has 1 spiro atoms.